The molecule has 0 atom stereocenters. The molecule has 1 saturated carbocycles. The number of benzene rings is 1. The van der Waals surface area contributed by atoms with Crippen LogP contribution >= 0.6 is 34.8 Å². The van der Waals surface area contributed by atoms with Gasteiger partial charge < -0.3 is 4.74 Å². The molecule has 8 nitrogen and oxygen atoms in total. The second-order valence-electron chi connectivity index (χ2n) is 8.59. The zero-order valence-corrected chi connectivity index (χ0v) is 22.5. The van der Waals surface area contributed by atoms with E-state index in [0.717, 1.165) is 47.0 Å². The molecule has 2 aromatic heterocycles. The largest absolute Gasteiger partial charge is 0.445 e. The van der Waals surface area contributed by atoms with Crippen molar-refractivity contribution in [2.75, 3.05) is 22.9 Å². The summed E-state index contributed by atoms with van der Waals surface area (Å²) >= 11 is 16.9. The predicted octanol–water partition coefficient (Wildman–Crippen LogP) is 6.29. The van der Waals surface area contributed by atoms with Gasteiger partial charge in [-0.2, -0.15) is 0 Å². The highest BCUT2D eigenvalue weighted by atomic mass is 35.6. The van der Waals surface area contributed by atoms with E-state index in [0.29, 0.717) is 17.3 Å². The Morgan fingerprint density at radius 2 is 1.86 bits per heavy atom. The molecule has 0 spiro atoms. The van der Waals surface area contributed by atoms with Crippen molar-refractivity contribution in [2.24, 2.45) is 0 Å². The van der Waals surface area contributed by atoms with E-state index < -0.39 is 19.9 Å². The molecule has 1 aliphatic rings. The van der Waals surface area contributed by atoms with Crippen molar-refractivity contribution >= 4 is 62.4 Å². The van der Waals surface area contributed by atoms with Crippen molar-refractivity contribution in [3.8, 4) is 22.4 Å². The van der Waals surface area contributed by atoms with Gasteiger partial charge in [0.05, 0.1) is 11.9 Å². The van der Waals surface area contributed by atoms with Crippen molar-refractivity contribution in [2.45, 2.75) is 29.5 Å². The molecular formula is C24H23Cl3N4O4S. The second-order valence-corrected chi connectivity index (χ2v) is 12.9. The van der Waals surface area contributed by atoms with E-state index in [1.54, 1.807) is 18.2 Å². The number of nitrogens with one attached hydrogen (secondary N) is 2. The number of aromatic nitrogens is 2. The number of hydrogen-bond donors (Lipinski definition) is 2. The van der Waals surface area contributed by atoms with Crippen molar-refractivity contribution in [3.63, 3.8) is 0 Å². The van der Waals surface area contributed by atoms with Gasteiger partial charge in [-0.05, 0) is 72.9 Å². The Hall–Kier alpha value is -2.59. The number of ether oxygens (including phenoxy) is 1. The number of amides is 1. The Morgan fingerprint density at radius 1 is 1.11 bits per heavy atom. The van der Waals surface area contributed by atoms with Crippen LogP contribution in [0.1, 0.15) is 30.0 Å². The molecule has 0 unspecified atom stereocenters. The van der Waals surface area contributed by atoms with Gasteiger partial charge in [0, 0.05) is 29.1 Å². The maximum atomic E-state index is 12.1. The monoisotopic (exact) mass is 568 g/mol. The predicted molar refractivity (Wildman–Crippen MR) is 143 cm³/mol. The van der Waals surface area contributed by atoms with E-state index in [1.165, 1.54) is 6.20 Å². The Labute approximate surface area is 224 Å². The van der Waals surface area contributed by atoms with Gasteiger partial charge >= 0.3 is 6.09 Å². The van der Waals surface area contributed by atoms with Crippen LogP contribution in [0.3, 0.4) is 0 Å². The fourth-order valence-corrected chi connectivity index (χ4v) is 4.25. The normalized spacial score (nSPS) is 13.8. The lowest BCUT2D eigenvalue weighted by Gasteiger charge is -2.15. The van der Waals surface area contributed by atoms with Gasteiger partial charge in [-0.3, -0.25) is 15.0 Å². The van der Waals surface area contributed by atoms with Crippen molar-refractivity contribution in [1.82, 2.24) is 9.97 Å². The summed E-state index contributed by atoms with van der Waals surface area (Å²) in [7, 11) is -3.47. The number of sulfonamides is 1. The minimum atomic E-state index is -3.47. The Bertz CT molecular complexity index is 1410. The molecule has 2 heterocycles. The van der Waals surface area contributed by atoms with Crippen LogP contribution in [-0.2, 0) is 14.8 Å². The third-order valence-electron chi connectivity index (χ3n) is 5.35. The van der Waals surface area contributed by atoms with Gasteiger partial charge in [-0.25, -0.2) is 18.2 Å². The zero-order chi connectivity index (χ0) is 26.1. The number of halogens is 3. The third-order valence-corrected chi connectivity index (χ3v) is 6.26. The summed E-state index contributed by atoms with van der Waals surface area (Å²) in [5, 5.41) is 2.65. The van der Waals surface area contributed by atoms with Crippen molar-refractivity contribution < 1.29 is 17.9 Å². The summed E-state index contributed by atoms with van der Waals surface area (Å²) in [4.78, 5) is 21.1. The van der Waals surface area contributed by atoms with Gasteiger partial charge in [-0.15, -0.1) is 0 Å². The molecule has 36 heavy (non-hydrogen) atoms. The fraction of sp³-hybridized carbons (Fsp3) is 0.292. The lowest BCUT2D eigenvalue weighted by Crippen LogP contribution is -2.21. The molecule has 1 fully saturated rings. The van der Waals surface area contributed by atoms with Gasteiger partial charge in [0.2, 0.25) is 13.8 Å². The van der Waals surface area contributed by atoms with Gasteiger partial charge in [0.25, 0.3) is 0 Å². The minimum absolute atomic E-state index is 0.214. The van der Waals surface area contributed by atoms with E-state index in [-0.39, 0.29) is 12.4 Å². The summed E-state index contributed by atoms with van der Waals surface area (Å²) < 4.78 is 29.0. The van der Waals surface area contributed by atoms with Crippen LogP contribution in [0.15, 0.2) is 48.7 Å². The number of anilines is 2. The molecule has 4 rings (SSSR count). The van der Waals surface area contributed by atoms with Crippen LogP contribution in [0.25, 0.3) is 22.4 Å². The van der Waals surface area contributed by atoms with Gasteiger partial charge in [0.15, 0.2) is 0 Å². The standard InChI is InChI=1S/C24H23Cl3N4O4S/c1-14-3-6-18(29-23(32)35-13-24(25,26)27)12-19(14)17-9-20(15-4-5-15)30-21(10-17)16-7-8-28-22(11-16)31-36(2,33)34/h3,6-12,15H,4-5,13H2,1-2H3,(H,28,31)(H,29,32). The first-order valence-corrected chi connectivity index (χ1v) is 14.0. The number of hydrogen-bond acceptors (Lipinski definition) is 6. The second kappa shape index (κ2) is 10.4. The lowest BCUT2D eigenvalue weighted by molar-refractivity contribution is 0.164. The van der Waals surface area contributed by atoms with Gasteiger partial charge in [-0.1, -0.05) is 40.9 Å². The van der Waals surface area contributed by atoms with E-state index in [4.69, 9.17) is 44.5 Å². The first kappa shape index (κ1) is 26.5. The molecule has 190 valence electrons. The number of carbonyl (C=O) groups excluding carboxylic acids is 1. The quantitative estimate of drug-likeness (QED) is 0.324. The average molecular weight is 570 g/mol. The first-order valence-electron chi connectivity index (χ1n) is 10.9. The van der Waals surface area contributed by atoms with Crippen LogP contribution in [0, 0.1) is 6.92 Å². The summed E-state index contributed by atoms with van der Waals surface area (Å²) in [6.45, 7) is 1.58. The summed E-state index contributed by atoms with van der Waals surface area (Å²) in [6.07, 6.45) is 3.98. The summed E-state index contributed by atoms with van der Waals surface area (Å²) in [6, 6.07) is 12.9. The minimum Gasteiger partial charge on any atom is -0.445 e. The molecule has 12 heteroatoms. The molecule has 1 amide bonds. The Kier molecular flexibility index (Phi) is 7.66. The smallest absolute Gasteiger partial charge is 0.411 e. The lowest BCUT2D eigenvalue weighted by atomic mass is 9.97. The topological polar surface area (TPSA) is 110 Å². The van der Waals surface area contributed by atoms with E-state index in [9.17, 15) is 13.2 Å². The maximum Gasteiger partial charge on any atom is 0.411 e. The Morgan fingerprint density at radius 3 is 2.53 bits per heavy atom. The van der Waals surface area contributed by atoms with Crippen LogP contribution in [0.4, 0.5) is 16.3 Å². The number of pyridine rings is 2. The molecule has 0 bridgehead atoms. The maximum absolute atomic E-state index is 12.1. The van der Waals surface area contributed by atoms with Crippen LogP contribution in [0.2, 0.25) is 0 Å². The molecule has 0 radical (unpaired) electrons. The molecular weight excluding hydrogens is 547 g/mol. The summed E-state index contributed by atoms with van der Waals surface area (Å²) in [5.74, 6) is 0.587. The first-order chi connectivity index (χ1) is 16.9. The van der Waals surface area contributed by atoms with Crippen LogP contribution < -0.4 is 10.0 Å². The molecule has 0 saturated heterocycles. The van der Waals surface area contributed by atoms with Crippen LogP contribution in [0.5, 0.6) is 0 Å². The highest BCUT2D eigenvalue weighted by molar-refractivity contribution is 7.92. The highest BCUT2D eigenvalue weighted by Gasteiger charge is 2.26. The molecule has 1 aromatic carbocycles. The van der Waals surface area contributed by atoms with E-state index in [1.807, 2.05) is 31.2 Å². The number of carbonyl (C=O) groups is 1. The van der Waals surface area contributed by atoms with Crippen molar-refractivity contribution in [1.29, 1.82) is 0 Å². The fourth-order valence-electron chi connectivity index (χ4n) is 3.59. The highest BCUT2D eigenvalue weighted by Crippen LogP contribution is 2.42. The third kappa shape index (κ3) is 7.46. The molecule has 0 aliphatic heterocycles. The summed E-state index contributed by atoms with van der Waals surface area (Å²) in [5.41, 5.74) is 5.67. The Balaban J connectivity index is 1.68. The van der Waals surface area contributed by atoms with Crippen molar-refractivity contribution in [3.05, 3.63) is 59.9 Å². The van der Waals surface area contributed by atoms with E-state index >= 15 is 0 Å². The molecule has 1 aliphatic carbocycles. The SMILES string of the molecule is Cc1ccc(NC(=O)OCC(Cl)(Cl)Cl)cc1-c1cc(-c2ccnc(NS(C)(=O)=O)c2)nc(C2CC2)c1. The number of aryl methyl sites for hydroxylation is 1. The number of alkyl halides is 3. The van der Waals surface area contributed by atoms with Crippen LogP contribution in [-0.4, -0.2) is 41.1 Å². The average Bonchev–Trinajstić information content (AvgIpc) is 3.63. The number of nitrogens with zero attached hydrogens (tertiary/aromatic N) is 2. The van der Waals surface area contributed by atoms with Gasteiger partial charge in [0.1, 0.15) is 12.4 Å². The molecule has 2 N–H and O–H groups in total. The van der Waals surface area contributed by atoms with E-state index in [2.05, 4.69) is 15.0 Å². The molecule has 3 aromatic rings. The zero-order valence-electron chi connectivity index (χ0n) is 19.4. The number of rotatable bonds is 7.